The van der Waals surface area contributed by atoms with Crippen molar-refractivity contribution in [2.24, 2.45) is 0 Å². The van der Waals surface area contributed by atoms with Gasteiger partial charge >= 0.3 is 0 Å². The van der Waals surface area contributed by atoms with Gasteiger partial charge in [0.1, 0.15) is 11.2 Å². The zero-order valence-electron chi connectivity index (χ0n) is 33.9. The van der Waals surface area contributed by atoms with Crippen molar-refractivity contribution in [2.75, 3.05) is 0 Å². The lowest BCUT2D eigenvalue weighted by Gasteiger charge is -2.12. The number of allylic oxidation sites excluding steroid dienone is 8. The van der Waals surface area contributed by atoms with Gasteiger partial charge in [0, 0.05) is 10.8 Å². The van der Waals surface area contributed by atoms with Gasteiger partial charge in [-0.1, -0.05) is 186 Å². The Morgan fingerprint density at radius 2 is 1.07 bits per heavy atom. The Balaban J connectivity index is 0.000000795. The summed E-state index contributed by atoms with van der Waals surface area (Å²) in [4.78, 5) is 0. The molecule has 0 aliphatic heterocycles. The summed E-state index contributed by atoms with van der Waals surface area (Å²) in [5.74, 6) is 0. The predicted molar refractivity (Wildman–Crippen MR) is 248 cm³/mol. The molecule has 0 amide bonds. The lowest BCUT2D eigenvalue weighted by atomic mass is 9.93. The second-order valence-corrected chi connectivity index (χ2v) is 13.5. The first-order chi connectivity index (χ1) is 27.5. The van der Waals surface area contributed by atoms with Crippen molar-refractivity contribution in [1.29, 1.82) is 0 Å². The number of fused-ring (bicyclic) bond motifs is 3. The first-order valence-electron chi connectivity index (χ1n) is 20.1. The van der Waals surface area contributed by atoms with E-state index < -0.39 is 0 Å². The Kier molecular flexibility index (Phi) is 15.4. The summed E-state index contributed by atoms with van der Waals surface area (Å²) in [5, 5.41) is 2.30. The van der Waals surface area contributed by atoms with E-state index in [1.54, 1.807) is 6.08 Å². The third kappa shape index (κ3) is 10.3. The van der Waals surface area contributed by atoms with Crippen molar-refractivity contribution in [2.45, 2.75) is 60.3 Å². The average molecular weight is 733 g/mol. The number of furan rings is 1. The fraction of sp³-hybridized carbons (Fsp3) is 0.164. The maximum Gasteiger partial charge on any atom is 0.135 e. The van der Waals surface area contributed by atoms with Gasteiger partial charge in [-0.2, -0.15) is 0 Å². The van der Waals surface area contributed by atoms with E-state index in [2.05, 4.69) is 167 Å². The van der Waals surface area contributed by atoms with Crippen molar-refractivity contribution in [3.8, 4) is 44.5 Å². The lowest BCUT2D eigenvalue weighted by molar-refractivity contribution is 0.669. The average Bonchev–Trinajstić information content (AvgIpc) is 3.64. The van der Waals surface area contributed by atoms with Crippen LogP contribution < -0.4 is 0 Å². The molecule has 0 bridgehead atoms. The molecule has 282 valence electrons. The molecule has 0 atom stereocenters. The first-order valence-corrected chi connectivity index (χ1v) is 20.1. The predicted octanol–water partition coefficient (Wildman–Crippen LogP) is 17.1. The number of hydrogen-bond acceptors (Lipinski definition) is 1. The van der Waals surface area contributed by atoms with Crippen LogP contribution in [-0.4, -0.2) is 0 Å². The van der Waals surface area contributed by atoms with Crippen molar-refractivity contribution in [3.63, 3.8) is 0 Å². The molecule has 1 heterocycles. The van der Waals surface area contributed by atoms with Gasteiger partial charge in [0.15, 0.2) is 0 Å². The molecule has 0 spiro atoms. The minimum atomic E-state index is 0.918. The molecule has 0 aliphatic carbocycles. The highest BCUT2D eigenvalue weighted by molar-refractivity contribution is 6.06. The van der Waals surface area contributed by atoms with E-state index in [0.29, 0.717) is 0 Å². The number of unbranched alkanes of at least 4 members (excludes halogenated alkanes) is 1. The van der Waals surface area contributed by atoms with Crippen LogP contribution in [0.5, 0.6) is 0 Å². The van der Waals surface area contributed by atoms with Crippen LogP contribution >= 0.6 is 0 Å². The van der Waals surface area contributed by atoms with Gasteiger partial charge in [0.05, 0.1) is 0 Å². The molecule has 0 N–H and O–H groups in total. The van der Waals surface area contributed by atoms with Crippen LogP contribution in [0.15, 0.2) is 199 Å². The van der Waals surface area contributed by atoms with Crippen molar-refractivity contribution in [1.82, 2.24) is 0 Å². The molecule has 7 aromatic rings. The summed E-state index contributed by atoms with van der Waals surface area (Å²) < 4.78 is 6.08. The molecule has 0 saturated heterocycles. The zero-order chi connectivity index (χ0) is 39.7. The highest BCUT2D eigenvalue weighted by atomic mass is 16.3. The highest BCUT2D eigenvalue weighted by Crippen LogP contribution is 2.35. The van der Waals surface area contributed by atoms with Crippen LogP contribution in [0.3, 0.4) is 0 Å². The van der Waals surface area contributed by atoms with Crippen molar-refractivity contribution < 1.29 is 4.42 Å². The van der Waals surface area contributed by atoms with Gasteiger partial charge in [-0.15, -0.1) is 0 Å². The fourth-order valence-electron chi connectivity index (χ4n) is 6.88. The Hall–Kier alpha value is -6.18. The molecule has 1 nitrogen and oxygen atoms in total. The summed E-state index contributed by atoms with van der Waals surface area (Å²) in [6, 6.07) is 50.2. The Morgan fingerprint density at radius 3 is 1.57 bits per heavy atom. The smallest absolute Gasteiger partial charge is 0.135 e. The highest BCUT2D eigenvalue weighted by Gasteiger charge is 2.10. The monoisotopic (exact) mass is 732 g/mol. The van der Waals surface area contributed by atoms with E-state index in [0.717, 1.165) is 34.8 Å². The fourth-order valence-corrected chi connectivity index (χ4v) is 6.88. The number of benzene rings is 6. The summed E-state index contributed by atoms with van der Waals surface area (Å²) in [6.45, 7) is 17.9. The molecule has 7 rings (SSSR count). The molecule has 56 heavy (non-hydrogen) atoms. The molecular formula is C55H56O. The van der Waals surface area contributed by atoms with E-state index >= 15 is 0 Å². The van der Waals surface area contributed by atoms with Gasteiger partial charge < -0.3 is 4.42 Å². The molecule has 0 unspecified atom stereocenters. The van der Waals surface area contributed by atoms with Crippen LogP contribution in [-0.2, 0) is 0 Å². The Bertz CT molecular complexity index is 2460. The number of rotatable bonds is 12. The van der Waals surface area contributed by atoms with Gasteiger partial charge in [0.2, 0.25) is 0 Å². The van der Waals surface area contributed by atoms with Crippen LogP contribution in [0.1, 0.15) is 65.9 Å². The molecule has 0 radical (unpaired) electrons. The first kappa shape index (κ1) is 41.0. The number of para-hydroxylation sites is 1. The number of hydrogen-bond donors (Lipinski definition) is 0. The van der Waals surface area contributed by atoms with Crippen molar-refractivity contribution in [3.05, 3.63) is 200 Å². The Morgan fingerprint density at radius 1 is 0.554 bits per heavy atom. The third-order valence-corrected chi connectivity index (χ3v) is 9.78. The van der Waals surface area contributed by atoms with Crippen LogP contribution in [0, 0.1) is 0 Å². The zero-order valence-corrected chi connectivity index (χ0v) is 33.9. The summed E-state index contributed by atoms with van der Waals surface area (Å²) >= 11 is 0. The topological polar surface area (TPSA) is 13.1 Å². The molecule has 0 aliphatic rings. The minimum Gasteiger partial charge on any atom is -0.456 e. The molecule has 1 heteroatoms. The molecule has 0 saturated carbocycles. The quantitative estimate of drug-likeness (QED) is 0.114. The standard InChI is InChI=1S/C48H42O.C5H8.C2H6/c1-4-7-15-34(6-3)28-35(14-5-2)36-16-10-17-37(29-36)38-18-11-19-39(30-38)40-20-12-21-41(31-40)42-22-13-23-43(32-42)44-26-27-48-46(33-44)45-24-8-9-25-47(45)49-48;1-3-5-4-2;1-2/h5,8-14,16-33H,2,4,6-7,15H2,1,3H3;3-5H,1H2,2H3;1-2H3/b34-28-,35-14+;5-4-;. The van der Waals surface area contributed by atoms with Gasteiger partial charge in [-0.3, -0.25) is 0 Å². The van der Waals surface area contributed by atoms with E-state index in [1.165, 1.54) is 74.1 Å². The lowest BCUT2D eigenvalue weighted by Crippen LogP contribution is -1.88. The maximum atomic E-state index is 6.08. The SMILES string of the molecule is C=C/C=C(\C=C(\CC)CCCC)c1cccc(-c2cccc(-c3cccc(-c4cccc(-c5ccc6oc7ccccc7c6c5)c4)c3)c2)c1.C=C/C=C\C.CC. The van der Waals surface area contributed by atoms with Crippen molar-refractivity contribution >= 4 is 27.5 Å². The van der Waals surface area contributed by atoms with Gasteiger partial charge in [0.25, 0.3) is 0 Å². The molecule has 0 fully saturated rings. The summed E-state index contributed by atoms with van der Waals surface area (Å²) in [5.41, 5.74) is 15.3. The summed E-state index contributed by atoms with van der Waals surface area (Å²) in [6.07, 6.45) is 16.6. The minimum absolute atomic E-state index is 0.918. The normalized spacial score (nSPS) is 11.5. The largest absolute Gasteiger partial charge is 0.456 e. The second-order valence-electron chi connectivity index (χ2n) is 13.5. The van der Waals surface area contributed by atoms with E-state index in [9.17, 15) is 0 Å². The van der Waals surface area contributed by atoms with Gasteiger partial charge in [-0.25, -0.2) is 0 Å². The summed E-state index contributed by atoms with van der Waals surface area (Å²) in [7, 11) is 0. The van der Waals surface area contributed by atoms with Gasteiger partial charge in [-0.05, 0) is 124 Å². The second kappa shape index (κ2) is 21.1. The van der Waals surface area contributed by atoms with Crippen LogP contribution in [0.4, 0.5) is 0 Å². The van der Waals surface area contributed by atoms with Crippen LogP contribution in [0.2, 0.25) is 0 Å². The van der Waals surface area contributed by atoms with Crippen LogP contribution in [0.25, 0.3) is 72.0 Å². The maximum absolute atomic E-state index is 6.08. The van der Waals surface area contributed by atoms with E-state index in [-0.39, 0.29) is 0 Å². The molecular weight excluding hydrogens is 677 g/mol. The third-order valence-electron chi connectivity index (χ3n) is 9.78. The molecule has 6 aromatic carbocycles. The Labute approximate surface area is 335 Å². The molecule has 1 aromatic heterocycles. The van der Waals surface area contributed by atoms with E-state index in [4.69, 9.17) is 4.42 Å². The van der Waals surface area contributed by atoms with E-state index in [1.807, 2.05) is 51.1 Å².